The Balaban J connectivity index is 1.96. The summed E-state index contributed by atoms with van der Waals surface area (Å²) in [5, 5.41) is 0.603. The van der Waals surface area contributed by atoms with E-state index in [0.717, 1.165) is 0 Å². The van der Waals surface area contributed by atoms with Gasteiger partial charge >= 0.3 is 0 Å². The minimum atomic E-state index is -0.0940. The molecule has 2 aromatic rings. The van der Waals surface area contributed by atoms with Crippen LogP contribution in [0.15, 0.2) is 48.5 Å². The lowest BCUT2D eigenvalue weighted by Gasteiger charge is -2.05. The van der Waals surface area contributed by atoms with Crippen LogP contribution in [0.4, 0.5) is 5.69 Å². The van der Waals surface area contributed by atoms with Crippen molar-refractivity contribution in [1.82, 2.24) is 0 Å². The summed E-state index contributed by atoms with van der Waals surface area (Å²) in [5.74, 6) is 0.523. The maximum absolute atomic E-state index is 11.8. The summed E-state index contributed by atoms with van der Waals surface area (Å²) >= 11 is 5.75. The third-order valence-corrected chi connectivity index (χ3v) is 2.67. The van der Waals surface area contributed by atoms with Gasteiger partial charge in [0.05, 0.1) is 0 Å². The lowest BCUT2D eigenvalue weighted by atomic mass is 10.1. The minimum Gasteiger partial charge on any atom is -0.485 e. The Morgan fingerprint density at radius 1 is 1.06 bits per heavy atom. The fraction of sp³-hybridized carbons (Fsp3) is 0.0714. The Hall–Kier alpha value is -2.00. The smallest absolute Gasteiger partial charge is 0.200 e. The van der Waals surface area contributed by atoms with Gasteiger partial charge in [0.1, 0.15) is 5.75 Å². The van der Waals surface area contributed by atoms with Crippen LogP contribution in [0.5, 0.6) is 5.75 Å². The molecule has 0 radical (unpaired) electrons. The first-order valence-corrected chi connectivity index (χ1v) is 5.80. The Morgan fingerprint density at radius 3 is 2.28 bits per heavy atom. The van der Waals surface area contributed by atoms with Crippen molar-refractivity contribution in [1.29, 1.82) is 0 Å². The number of nitrogens with two attached hydrogens (primary N) is 1. The van der Waals surface area contributed by atoms with E-state index in [1.54, 1.807) is 48.5 Å². The third-order valence-electron chi connectivity index (χ3n) is 2.42. The van der Waals surface area contributed by atoms with E-state index in [9.17, 15) is 4.79 Å². The molecular weight excluding hydrogens is 250 g/mol. The maximum Gasteiger partial charge on any atom is 0.200 e. The topological polar surface area (TPSA) is 52.3 Å². The van der Waals surface area contributed by atoms with Gasteiger partial charge in [-0.25, -0.2) is 0 Å². The predicted octanol–water partition coefficient (Wildman–Crippen LogP) is 3.18. The summed E-state index contributed by atoms with van der Waals surface area (Å²) < 4.78 is 5.37. The van der Waals surface area contributed by atoms with Gasteiger partial charge in [0, 0.05) is 16.3 Å². The Morgan fingerprint density at radius 2 is 1.67 bits per heavy atom. The Bertz CT molecular complexity index is 535. The summed E-state index contributed by atoms with van der Waals surface area (Å²) in [5.41, 5.74) is 6.79. The molecule has 2 rings (SSSR count). The van der Waals surface area contributed by atoms with Gasteiger partial charge in [0.2, 0.25) is 0 Å². The lowest BCUT2D eigenvalue weighted by Crippen LogP contribution is -2.11. The largest absolute Gasteiger partial charge is 0.485 e. The van der Waals surface area contributed by atoms with Gasteiger partial charge in [-0.3, -0.25) is 4.79 Å². The van der Waals surface area contributed by atoms with E-state index in [0.29, 0.717) is 22.0 Å². The van der Waals surface area contributed by atoms with Crippen LogP contribution in [0, 0.1) is 0 Å². The van der Waals surface area contributed by atoms with Crippen LogP contribution >= 0.6 is 11.6 Å². The molecule has 4 heteroatoms. The van der Waals surface area contributed by atoms with Gasteiger partial charge in [-0.1, -0.05) is 11.6 Å². The Labute approximate surface area is 110 Å². The number of halogens is 1. The standard InChI is InChI=1S/C14H12ClNO2/c15-11-3-1-10(2-4-11)14(17)9-18-13-7-5-12(16)6-8-13/h1-8H,9,16H2. The highest BCUT2D eigenvalue weighted by atomic mass is 35.5. The van der Waals surface area contributed by atoms with E-state index < -0.39 is 0 Å². The molecular formula is C14H12ClNO2. The zero-order chi connectivity index (χ0) is 13.0. The van der Waals surface area contributed by atoms with Gasteiger partial charge in [-0.2, -0.15) is 0 Å². The number of anilines is 1. The van der Waals surface area contributed by atoms with Gasteiger partial charge in [-0.05, 0) is 48.5 Å². The highest BCUT2D eigenvalue weighted by Crippen LogP contribution is 2.14. The molecule has 92 valence electrons. The SMILES string of the molecule is Nc1ccc(OCC(=O)c2ccc(Cl)cc2)cc1. The first-order chi connectivity index (χ1) is 8.65. The van der Waals surface area contributed by atoms with Crippen molar-refractivity contribution >= 4 is 23.1 Å². The van der Waals surface area contributed by atoms with E-state index in [2.05, 4.69) is 0 Å². The third kappa shape index (κ3) is 3.25. The van der Waals surface area contributed by atoms with Crippen molar-refractivity contribution in [2.45, 2.75) is 0 Å². The average Bonchev–Trinajstić information content (AvgIpc) is 2.38. The monoisotopic (exact) mass is 261 g/mol. The van der Waals surface area contributed by atoms with Gasteiger partial charge in [0.15, 0.2) is 12.4 Å². The molecule has 0 aromatic heterocycles. The number of carbonyl (C=O) groups is 1. The van der Waals surface area contributed by atoms with Gasteiger partial charge in [0.25, 0.3) is 0 Å². The number of hydrogen-bond donors (Lipinski definition) is 1. The molecule has 2 aromatic carbocycles. The van der Waals surface area contributed by atoms with Crippen LogP contribution in [0.1, 0.15) is 10.4 Å². The number of benzene rings is 2. The number of nitrogen functional groups attached to an aromatic ring is 1. The zero-order valence-corrected chi connectivity index (χ0v) is 10.4. The number of rotatable bonds is 4. The molecule has 0 aliphatic carbocycles. The quantitative estimate of drug-likeness (QED) is 0.679. The maximum atomic E-state index is 11.8. The van der Waals surface area contributed by atoms with Crippen molar-refractivity contribution in [3.8, 4) is 5.75 Å². The molecule has 0 aliphatic heterocycles. The number of Topliss-reactive ketones (excluding diaryl/α,β-unsaturated/α-hetero) is 1. The molecule has 0 spiro atoms. The molecule has 0 aliphatic rings. The summed E-state index contributed by atoms with van der Waals surface area (Å²) in [6, 6.07) is 13.6. The van der Waals surface area contributed by atoms with E-state index >= 15 is 0 Å². The van der Waals surface area contributed by atoms with Gasteiger partial charge in [-0.15, -0.1) is 0 Å². The van der Waals surface area contributed by atoms with Crippen LogP contribution in [0.3, 0.4) is 0 Å². The molecule has 0 heterocycles. The molecule has 18 heavy (non-hydrogen) atoms. The summed E-state index contributed by atoms with van der Waals surface area (Å²) in [7, 11) is 0. The van der Waals surface area contributed by atoms with E-state index in [1.807, 2.05) is 0 Å². The summed E-state index contributed by atoms with van der Waals surface area (Å²) in [6.07, 6.45) is 0. The van der Waals surface area contributed by atoms with Crippen LogP contribution in [-0.2, 0) is 0 Å². The second-order valence-corrected chi connectivity index (χ2v) is 4.22. The highest BCUT2D eigenvalue weighted by molar-refractivity contribution is 6.30. The number of hydrogen-bond acceptors (Lipinski definition) is 3. The minimum absolute atomic E-state index is 0.00838. The first kappa shape index (κ1) is 12.5. The molecule has 0 atom stereocenters. The van der Waals surface area contributed by atoms with Crippen LogP contribution in [0.25, 0.3) is 0 Å². The molecule has 0 saturated carbocycles. The fourth-order valence-electron chi connectivity index (χ4n) is 1.43. The average molecular weight is 262 g/mol. The van der Waals surface area contributed by atoms with Crippen molar-refractivity contribution < 1.29 is 9.53 Å². The van der Waals surface area contributed by atoms with Crippen molar-refractivity contribution in [3.05, 3.63) is 59.1 Å². The molecule has 0 fully saturated rings. The van der Waals surface area contributed by atoms with E-state index in [1.165, 1.54) is 0 Å². The number of carbonyl (C=O) groups excluding carboxylic acids is 1. The first-order valence-electron chi connectivity index (χ1n) is 5.42. The summed E-state index contributed by atoms with van der Waals surface area (Å²) in [4.78, 5) is 11.8. The molecule has 0 amide bonds. The number of ketones is 1. The van der Waals surface area contributed by atoms with Crippen molar-refractivity contribution in [2.24, 2.45) is 0 Å². The van der Waals surface area contributed by atoms with Crippen LogP contribution < -0.4 is 10.5 Å². The second-order valence-electron chi connectivity index (χ2n) is 3.79. The van der Waals surface area contributed by atoms with Gasteiger partial charge < -0.3 is 10.5 Å². The Kier molecular flexibility index (Phi) is 3.85. The normalized spacial score (nSPS) is 10.1. The van der Waals surface area contributed by atoms with Crippen LogP contribution in [-0.4, -0.2) is 12.4 Å². The summed E-state index contributed by atoms with van der Waals surface area (Å²) in [6.45, 7) is -0.00838. The van der Waals surface area contributed by atoms with E-state index in [-0.39, 0.29) is 12.4 Å². The zero-order valence-electron chi connectivity index (χ0n) is 9.60. The molecule has 0 bridgehead atoms. The molecule has 3 nitrogen and oxygen atoms in total. The highest BCUT2D eigenvalue weighted by Gasteiger charge is 2.06. The fourth-order valence-corrected chi connectivity index (χ4v) is 1.56. The van der Waals surface area contributed by atoms with E-state index in [4.69, 9.17) is 22.1 Å². The predicted molar refractivity (Wildman–Crippen MR) is 72.1 cm³/mol. The van der Waals surface area contributed by atoms with Crippen molar-refractivity contribution in [2.75, 3.05) is 12.3 Å². The second kappa shape index (κ2) is 5.56. The van der Waals surface area contributed by atoms with Crippen LogP contribution in [0.2, 0.25) is 5.02 Å². The van der Waals surface area contributed by atoms with Crippen molar-refractivity contribution in [3.63, 3.8) is 0 Å². The lowest BCUT2D eigenvalue weighted by molar-refractivity contribution is 0.0921. The number of ether oxygens (including phenoxy) is 1. The molecule has 0 unspecified atom stereocenters. The molecule has 0 saturated heterocycles. The molecule has 2 N–H and O–H groups in total.